The summed E-state index contributed by atoms with van der Waals surface area (Å²) in [4.78, 5) is 15.5. The van der Waals surface area contributed by atoms with E-state index in [1.807, 2.05) is 13.0 Å². The zero-order chi connectivity index (χ0) is 15.2. The molecule has 0 radical (unpaired) electrons. The third-order valence-electron chi connectivity index (χ3n) is 3.14. The molecular formula is C15H20N4O2. The maximum Gasteiger partial charge on any atom is 0.248 e. The molecule has 6 nitrogen and oxygen atoms in total. The molecule has 3 N–H and O–H groups in total. The van der Waals surface area contributed by atoms with Gasteiger partial charge in [-0.1, -0.05) is 24.6 Å². The fraction of sp³-hybridized carbons (Fsp3) is 0.400. The maximum atomic E-state index is 11.2. The van der Waals surface area contributed by atoms with Crippen LogP contribution >= 0.6 is 0 Å². The second-order valence-electron chi connectivity index (χ2n) is 4.96. The van der Waals surface area contributed by atoms with Crippen LogP contribution in [0.2, 0.25) is 0 Å². The van der Waals surface area contributed by atoms with Crippen LogP contribution < -0.4 is 11.1 Å². The number of primary amides is 1. The van der Waals surface area contributed by atoms with E-state index in [0.29, 0.717) is 11.5 Å². The van der Waals surface area contributed by atoms with Crippen LogP contribution in [-0.2, 0) is 6.42 Å². The van der Waals surface area contributed by atoms with Gasteiger partial charge in [-0.25, -0.2) is 0 Å². The van der Waals surface area contributed by atoms with Gasteiger partial charge in [0.25, 0.3) is 0 Å². The highest BCUT2D eigenvalue weighted by Gasteiger charge is 2.14. The van der Waals surface area contributed by atoms with E-state index >= 15 is 0 Å². The van der Waals surface area contributed by atoms with Crippen molar-refractivity contribution in [2.45, 2.75) is 39.2 Å². The van der Waals surface area contributed by atoms with Gasteiger partial charge in [0.1, 0.15) is 6.04 Å². The second kappa shape index (κ2) is 6.88. The molecule has 2 aromatic rings. The van der Waals surface area contributed by atoms with Gasteiger partial charge >= 0.3 is 0 Å². The van der Waals surface area contributed by atoms with Crippen LogP contribution in [0.25, 0.3) is 0 Å². The van der Waals surface area contributed by atoms with Gasteiger partial charge in [-0.2, -0.15) is 4.98 Å². The number of rotatable bonds is 7. The molecule has 1 aromatic heterocycles. The Bertz CT molecular complexity index is 609. The number of carbonyl (C=O) groups excluding carboxylic acids is 1. The zero-order valence-electron chi connectivity index (χ0n) is 12.3. The minimum Gasteiger partial charge on any atom is -0.374 e. The summed E-state index contributed by atoms with van der Waals surface area (Å²) >= 11 is 0. The predicted molar refractivity (Wildman–Crippen MR) is 79.9 cm³/mol. The van der Waals surface area contributed by atoms with Crippen molar-refractivity contribution < 1.29 is 9.32 Å². The third-order valence-corrected chi connectivity index (χ3v) is 3.14. The standard InChI is InChI=1S/C15H20N4O2/c1-3-4-8-13-18-15(21-19-13)10(2)17-12-7-5-6-11(9-12)14(16)20/h5-7,9-10,17H,3-4,8H2,1-2H3,(H2,16,20). The highest BCUT2D eigenvalue weighted by Crippen LogP contribution is 2.19. The van der Waals surface area contributed by atoms with Crippen molar-refractivity contribution in [3.63, 3.8) is 0 Å². The first-order valence-corrected chi connectivity index (χ1v) is 7.09. The van der Waals surface area contributed by atoms with Crippen molar-refractivity contribution >= 4 is 11.6 Å². The topological polar surface area (TPSA) is 94.0 Å². The smallest absolute Gasteiger partial charge is 0.248 e. The Morgan fingerprint density at radius 2 is 2.29 bits per heavy atom. The van der Waals surface area contributed by atoms with Crippen LogP contribution in [0.1, 0.15) is 54.8 Å². The van der Waals surface area contributed by atoms with Crippen molar-refractivity contribution in [3.05, 3.63) is 41.5 Å². The van der Waals surface area contributed by atoms with Gasteiger partial charge in [0, 0.05) is 17.7 Å². The van der Waals surface area contributed by atoms with Crippen molar-refractivity contribution in [2.75, 3.05) is 5.32 Å². The van der Waals surface area contributed by atoms with E-state index in [1.54, 1.807) is 18.2 Å². The molecule has 1 unspecified atom stereocenters. The van der Waals surface area contributed by atoms with Crippen LogP contribution in [0, 0.1) is 0 Å². The summed E-state index contributed by atoms with van der Waals surface area (Å²) in [5.41, 5.74) is 6.51. The number of aromatic nitrogens is 2. The lowest BCUT2D eigenvalue weighted by Gasteiger charge is -2.11. The fourth-order valence-corrected chi connectivity index (χ4v) is 1.95. The summed E-state index contributed by atoms with van der Waals surface area (Å²) in [6.07, 6.45) is 2.96. The van der Waals surface area contributed by atoms with Crippen LogP contribution in [0.4, 0.5) is 5.69 Å². The average molecular weight is 288 g/mol. The van der Waals surface area contributed by atoms with Crippen molar-refractivity contribution in [1.29, 1.82) is 0 Å². The number of carbonyl (C=O) groups is 1. The number of nitrogens with zero attached hydrogens (tertiary/aromatic N) is 2. The molecule has 0 aliphatic rings. The van der Waals surface area contributed by atoms with E-state index in [2.05, 4.69) is 22.4 Å². The molecule has 2 rings (SSSR count). The molecule has 1 amide bonds. The minimum atomic E-state index is -0.453. The largest absolute Gasteiger partial charge is 0.374 e. The molecular weight excluding hydrogens is 268 g/mol. The molecule has 0 saturated heterocycles. The molecule has 1 atom stereocenters. The van der Waals surface area contributed by atoms with Gasteiger partial charge in [0.2, 0.25) is 11.8 Å². The number of unbranched alkanes of at least 4 members (excludes halogenated alkanes) is 1. The van der Waals surface area contributed by atoms with E-state index in [0.717, 1.165) is 30.8 Å². The van der Waals surface area contributed by atoms with E-state index in [4.69, 9.17) is 10.3 Å². The summed E-state index contributed by atoms with van der Waals surface area (Å²) in [7, 11) is 0. The van der Waals surface area contributed by atoms with Crippen LogP contribution in [0.3, 0.4) is 0 Å². The molecule has 0 saturated carbocycles. The van der Waals surface area contributed by atoms with E-state index in [-0.39, 0.29) is 6.04 Å². The van der Waals surface area contributed by atoms with Crippen LogP contribution in [-0.4, -0.2) is 16.0 Å². The number of aryl methyl sites for hydroxylation is 1. The quantitative estimate of drug-likeness (QED) is 0.816. The molecule has 1 heterocycles. The lowest BCUT2D eigenvalue weighted by Crippen LogP contribution is -2.12. The Labute approximate surface area is 123 Å². The predicted octanol–water partition coefficient (Wildman–Crippen LogP) is 2.68. The summed E-state index contributed by atoms with van der Waals surface area (Å²) in [5, 5.41) is 7.18. The average Bonchev–Trinajstić information content (AvgIpc) is 2.94. The number of nitrogens with one attached hydrogen (secondary N) is 1. The molecule has 6 heteroatoms. The number of benzene rings is 1. The van der Waals surface area contributed by atoms with E-state index in [9.17, 15) is 4.79 Å². The van der Waals surface area contributed by atoms with Crippen molar-refractivity contribution in [3.8, 4) is 0 Å². The van der Waals surface area contributed by atoms with Gasteiger partial charge in [0.15, 0.2) is 5.82 Å². The van der Waals surface area contributed by atoms with Crippen molar-refractivity contribution in [1.82, 2.24) is 10.1 Å². The summed E-state index contributed by atoms with van der Waals surface area (Å²) < 4.78 is 5.26. The van der Waals surface area contributed by atoms with Gasteiger partial charge in [-0.05, 0) is 31.5 Å². The number of hydrogen-bond acceptors (Lipinski definition) is 5. The summed E-state index contributed by atoms with van der Waals surface area (Å²) in [5.74, 6) is 0.808. The maximum absolute atomic E-state index is 11.2. The molecule has 1 aromatic carbocycles. The Morgan fingerprint density at radius 3 is 3.00 bits per heavy atom. The number of anilines is 1. The fourth-order valence-electron chi connectivity index (χ4n) is 1.95. The summed E-state index contributed by atoms with van der Waals surface area (Å²) in [6, 6.07) is 6.87. The first kappa shape index (κ1) is 15.0. The molecule has 0 bridgehead atoms. The van der Waals surface area contributed by atoms with Gasteiger partial charge in [0.05, 0.1) is 0 Å². The Morgan fingerprint density at radius 1 is 1.48 bits per heavy atom. The highest BCUT2D eigenvalue weighted by molar-refractivity contribution is 5.93. The van der Waals surface area contributed by atoms with Gasteiger partial charge in [-0.3, -0.25) is 4.79 Å². The Kier molecular flexibility index (Phi) is 4.92. The molecule has 0 spiro atoms. The highest BCUT2D eigenvalue weighted by atomic mass is 16.5. The van der Waals surface area contributed by atoms with Crippen LogP contribution in [0.5, 0.6) is 0 Å². The molecule has 0 aliphatic carbocycles. The number of nitrogens with two attached hydrogens (primary N) is 1. The Hall–Kier alpha value is -2.37. The summed E-state index contributed by atoms with van der Waals surface area (Å²) in [6.45, 7) is 4.05. The first-order valence-electron chi connectivity index (χ1n) is 7.09. The number of hydrogen-bond donors (Lipinski definition) is 2. The third kappa shape index (κ3) is 4.05. The van der Waals surface area contributed by atoms with Crippen LogP contribution in [0.15, 0.2) is 28.8 Å². The zero-order valence-corrected chi connectivity index (χ0v) is 12.3. The lowest BCUT2D eigenvalue weighted by molar-refractivity contribution is 0.100. The molecule has 0 aliphatic heterocycles. The molecule has 0 fully saturated rings. The molecule has 112 valence electrons. The lowest BCUT2D eigenvalue weighted by atomic mass is 10.2. The van der Waals surface area contributed by atoms with Gasteiger partial charge in [-0.15, -0.1) is 0 Å². The van der Waals surface area contributed by atoms with E-state index in [1.165, 1.54) is 0 Å². The second-order valence-corrected chi connectivity index (χ2v) is 4.96. The normalized spacial score (nSPS) is 12.1. The van der Waals surface area contributed by atoms with E-state index < -0.39 is 5.91 Å². The first-order chi connectivity index (χ1) is 10.1. The minimum absolute atomic E-state index is 0.143. The number of amides is 1. The molecule has 21 heavy (non-hydrogen) atoms. The van der Waals surface area contributed by atoms with Crippen molar-refractivity contribution in [2.24, 2.45) is 5.73 Å². The Balaban J connectivity index is 2.03. The SMILES string of the molecule is CCCCc1noc(C(C)Nc2cccc(C(N)=O)c2)n1. The monoisotopic (exact) mass is 288 g/mol. The van der Waals surface area contributed by atoms with Gasteiger partial charge < -0.3 is 15.6 Å².